The summed E-state index contributed by atoms with van der Waals surface area (Å²) in [5.74, 6) is -0.114. The second kappa shape index (κ2) is 8.18. The molecule has 0 spiro atoms. The van der Waals surface area contributed by atoms with Crippen LogP contribution in [0.15, 0.2) is 43.0 Å². The smallest absolute Gasteiger partial charge is 0.289 e. The number of carbonyl (C=O) groups is 3. The zero-order valence-electron chi connectivity index (χ0n) is 15.4. The lowest BCUT2D eigenvalue weighted by atomic mass is 9.89. The summed E-state index contributed by atoms with van der Waals surface area (Å²) in [6, 6.07) is 7.03. The Hall–Kier alpha value is -2.61. The number of benzene rings is 1. The SMILES string of the molecule is O=C(N[C@@H]1CCCC[C@@H]1N1C(=O)CSC1=O)c1ccc(Cn2ccnc2)cc1. The standard InChI is InChI=1S/C20H22N4O3S/c25-18-12-28-20(27)24(18)17-4-2-1-3-16(17)22-19(26)15-7-5-14(6-8-15)11-23-10-9-21-13-23/h5-10,13,16-17H,1-4,11-12H2,(H,22,26)/t16-,17+/m1/s1. The summed E-state index contributed by atoms with van der Waals surface area (Å²) in [5.41, 5.74) is 1.66. The van der Waals surface area contributed by atoms with E-state index in [4.69, 9.17) is 0 Å². The summed E-state index contributed by atoms with van der Waals surface area (Å²) in [5, 5.41) is 2.86. The van der Waals surface area contributed by atoms with Crippen LogP contribution >= 0.6 is 11.8 Å². The van der Waals surface area contributed by atoms with Gasteiger partial charge in [-0.15, -0.1) is 0 Å². The van der Waals surface area contributed by atoms with E-state index in [1.54, 1.807) is 24.7 Å². The summed E-state index contributed by atoms with van der Waals surface area (Å²) in [4.78, 5) is 42.4. The highest BCUT2D eigenvalue weighted by Gasteiger charge is 2.41. The number of aromatic nitrogens is 2. The van der Waals surface area contributed by atoms with Crippen LogP contribution in [0.5, 0.6) is 0 Å². The molecule has 1 saturated carbocycles. The van der Waals surface area contributed by atoms with Gasteiger partial charge in [0.05, 0.1) is 24.2 Å². The fraction of sp³-hybridized carbons (Fsp3) is 0.400. The van der Waals surface area contributed by atoms with E-state index in [1.807, 2.05) is 22.9 Å². The van der Waals surface area contributed by atoms with E-state index in [9.17, 15) is 14.4 Å². The maximum Gasteiger partial charge on any atom is 0.289 e. The van der Waals surface area contributed by atoms with Crippen molar-refractivity contribution >= 4 is 28.8 Å². The van der Waals surface area contributed by atoms with Crippen molar-refractivity contribution in [1.82, 2.24) is 19.8 Å². The van der Waals surface area contributed by atoms with Gasteiger partial charge in [-0.05, 0) is 30.5 Å². The number of hydrogen-bond donors (Lipinski definition) is 1. The molecule has 28 heavy (non-hydrogen) atoms. The van der Waals surface area contributed by atoms with Gasteiger partial charge in [-0.25, -0.2) is 4.98 Å². The second-order valence-electron chi connectivity index (χ2n) is 7.18. The minimum absolute atomic E-state index is 0.148. The van der Waals surface area contributed by atoms with E-state index in [0.717, 1.165) is 43.0 Å². The van der Waals surface area contributed by atoms with Gasteiger partial charge in [-0.2, -0.15) is 0 Å². The molecular weight excluding hydrogens is 376 g/mol. The molecule has 1 saturated heterocycles. The molecule has 1 aliphatic carbocycles. The maximum atomic E-state index is 12.7. The van der Waals surface area contributed by atoms with Crippen molar-refractivity contribution in [3.8, 4) is 0 Å². The molecule has 0 unspecified atom stereocenters. The van der Waals surface area contributed by atoms with E-state index >= 15 is 0 Å². The van der Waals surface area contributed by atoms with Crippen molar-refractivity contribution < 1.29 is 14.4 Å². The predicted molar refractivity (Wildman–Crippen MR) is 106 cm³/mol. The van der Waals surface area contributed by atoms with Crippen molar-refractivity contribution in [2.45, 2.75) is 44.3 Å². The van der Waals surface area contributed by atoms with Crippen LogP contribution < -0.4 is 5.32 Å². The molecule has 2 aromatic rings. The predicted octanol–water partition coefficient (Wildman–Crippen LogP) is 2.67. The third-order valence-electron chi connectivity index (χ3n) is 5.30. The minimum Gasteiger partial charge on any atom is -0.347 e. The lowest BCUT2D eigenvalue weighted by molar-refractivity contribution is -0.127. The average molecular weight is 398 g/mol. The summed E-state index contributed by atoms with van der Waals surface area (Å²) >= 11 is 1.05. The topological polar surface area (TPSA) is 84.3 Å². The number of amides is 3. The van der Waals surface area contributed by atoms with Gasteiger partial charge in [0.15, 0.2) is 0 Å². The molecular formula is C20H22N4O3S. The Morgan fingerprint density at radius 3 is 2.64 bits per heavy atom. The fourth-order valence-corrected chi connectivity index (χ4v) is 4.64. The normalized spacial score (nSPS) is 22.5. The summed E-state index contributed by atoms with van der Waals surface area (Å²) in [6.07, 6.45) is 8.84. The Labute approximate surface area is 167 Å². The maximum absolute atomic E-state index is 12.7. The first-order valence-electron chi connectivity index (χ1n) is 9.46. The van der Waals surface area contributed by atoms with E-state index in [2.05, 4.69) is 10.3 Å². The minimum atomic E-state index is -0.242. The van der Waals surface area contributed by atoms with Crippen molar-refractivity contribution in [1.29, 1.82) is 0 Å². The zero-order chi connectivity index (χ0) is 19.5. The first-order valence-corrected chi connectivity index (χ1v) is 10.4. The van der Waals surface area contributed by atoms with Crippen molar-refractivity contribution in [2.24, 2.45) is 0 Å². The van der Waals surface area contributed by atoms with Crippen LogP contribution in [0.1, 0.15) is 41.6 Å². The Balaban J connectivity index is 1.42. The van der Waals surface area contributed by atoms with Gasteiger partial charge in [-0.1, -0.05) is 36.7 Å². The number of nitrogens with zero attached hydrogens (tertiary/aromatic N) is 3. The van der Waals surface area contributed by atoms with Gasteiger partial charge >= 0.3 is 0 Å². The number of rotatable bonds is 5. The molecule has 1 aliphatic heterocycles. The quantitative estimate of drug-likeness (QED) is 0.837. The lowest BCUT2D eigenvalue weighted by Crippen LogP contribution is -2.54. The number of imide groups is 1. The molecule has 1 aromatic heterocycles. The van der Waals surface area contributed by atoms with E-state index in [1.165, 1.54) is 4.90 Å². The third kappa shape index (κ3) is 3.96. The first kappa shape index (κ1) is 18.7. The second-order valence-corrected chi connectivity index (χ2v) is 8.11. The number of carbonyl (C=O) groups excluding carboxylic acids is 3. The molecule has 0 bridgehead atoms. The van der Waals surface area contributed by atoms with Crippen LogP contribution in [0.3, 0.4) is 0 Å². The van der Waals surface area contributed by atoms with E-state index < -0.39 is 0 Å². The molecule has 7 nitrogen and oxygen atoms in total. The molecule has 1 N–H and O–H groups in total. The van der Waals surface area contributed by atoms with Gasteiger partial charge in [0.2, 0.25) is 5.91 Å². The zero-order valence-corrected chi connectivity index (χ0v) is 16.2. The van der Waals surface area contributed by atoms with E-state index in [0.29, 0.717) is 12.1 Å². The Kier molecular flexibility index (Phi) is 5.47. The van der Waals surface area contributed by atoms with Crippen LogP contribution in [0, 0.1) is 0 Å². The number of nitrogens with one attached hydrogen (secondary N) is 1. The van der Waals surface area contributed by atoms with Gasteiger partial charge < -0.3 is 9.88 Å². The van der Waals surface area contributed by atoms with Crippen LogP contribution in [-0.2, 0) is 11.3 Å². The molecule has 146 valence electrons. The molecule has 2 aliphatic rings. The van der Waals surface area contributed by atoms with Crippen LogP contribution in [0.4, 0.5) is 4.79 Å². The highest BCUT2D eigenvalue weighted by molar-refractivity contribution is 8.14. The average Bonchev–Trinajstić information content (AvgIpc) is 3.33. The molecule has 0 radical (unpaired) electrons. The Morgan fingerprint density at radius 2 is 1.96 bits per heavy atom. The highest BCUT2D eigenvalue weighted by Crippen LogP contribution is 2.30. The molecule has 2 heterocycles. The lowest BCUT2D eigenvalue weighted by Gasteiger charge is -2.36. The van der Waals surface area contributed by atoms with Gasteiger partial charge in [0.25, 0.3) is 11.1 Å². The Bertz CT molecular complexity index is 850. The van der Waals surface area contributed by atoms with Crippen molar-refractivity contribution in [3.05, 3.63) is 54.1 Å². The van der Waals surface area contributed by atoms with Crippen molar-refractivity contribution in [2.75, 3.05) is 5.75 Å². The monoisotopic (exact) mass is 398 g/mol. The Morgan fingerprint density at radius 1 is 1.18 bits per heavy atom. The van der Waals surface area contributed by atoms with Crippen LogP contribution in [0.2, 0.25) is 0 Å². The summed E-state index contributed by atoms with van der Waals surface area (Å²) < 4.78 is 1.96. The van der Waals surface area contributed by atoms with Gasteiger partial charge in [0.1, 0.15) is 0 Å². The summed E-state index contributed by atoms with van der Waals surface area (Å²) in [6.45, 7) is 0.698. The fourth-order valence-electron chi connectivity index (χ4n) is 3.88. The van der Waals surface area contributed by atoms with Gasteiger partial charge in [0, 0.05) is 24.5 Å². The number of thioether (sulfide) groups is 1. The molecule has 2 fully saturated rings. The summed E-state index contributed by atoms with van der Waals surface area (Å²) in [7, 11) is 0. The molecule has 2 atom stereocenters. The third-order valence-corrected chi connectivity index (χ3v) is 6.14. The van der Waals surface area contributed by atoms with Crippen LogP contribution in [-0.4, -0.2) is 49.3 Å². The molecule has 1 aromatic carbocycles. The van der Waals surface area contributed by atoms with Gasteiger partial charge in [-0.3, -0.25) is 19.3 Å². The number of hydrogen-bond acceptors (Lipinski definition) is 5. The largest absolute Gasteiger partial charge is 0.347 e. The number of imidazole rings is 1. The molecule has 4 rings (SSSR count). The molecule has 8 heteroatoms. The van der Waals surface area contributed by atoms with Crippen molar-refractivity contribution in [3.63, 3.8) is 0 Å². The first-order chi connectivity index (χ1) is 13.6. The highest BCUT2D eigenvalue weighted by atomic mass is 32.2. The molecule has 3 amide bonds. The van der Waals surface area contributed by atoms with E-state index in [-0.39, 0.29) is 34.9 Å². The van der Waals surface area contributed by atoms with Crippen LogP contribution in [0.25, 0.3) is 0 Å².